The van der Waals surface area contributed by atoms with Crippen molar-refractivity contribution in [2.24, 2.45) is 5.92 Å². The molecule has 0 heterocycles. The number of anilines is 1. The molecule has 2 rings (SSSR count). The number of carbonyl (C=O) groups is 1. The number of esters is 1. The Morgan fingerprint density at radius 2 is 2.22 bits per heavy atom. The summed E-state index contributed by atoms with van der Waals surface area (Å²) in [6.07, 6.45) is 4.22. The third-order valence-electron chi connectivity index (χ3n) is 3.41. The lowest BCUT2D eigenvalue weighted by Crippen LogP contribution is -2.24. The van der Waals surface area contributed by atoms with Crippen LogP contribution in [0.4, 0.5) is 5.69 Å². The highest BCUT2D eigenvalue weighted by Crippen LogP contribution is 2.28. The molecule has 0 bridgehead atoms. The lowest BCUT2D eigenvalue weighted by Gasteiger charge is -2.26. The van der Waals surface area contributed by atoms with Crippen molar-refractivity contribution in [3.05, 3.63) is 28.8 Å². The molecule has 1 aromatic rings. The van der Waals surface area contributed by atoms with Crippen molar-refractivity contribution in [1.82, 2.24) is 0 Å². The highest BCUT2D eigenvalue weighted by molar-refractivity contribution is 6.36. The summed E-state index contributed by atoms with van der Waals surface area (Å²) in [5.41, 5.74) is 6.44. The Hall–Kier alpha value is -1.22. The van der Waals surface area contributed by atoms with Crippen LogP contribution < -0.4 is 5.73 Å². The average Bonchev–Trinajstić information content (AvgIpc) is 2.32. The minimum absolute atomic E-state index is 0.0127. The molecule has 2 atom stereocenters. The molecule has 1 aliphatic rings. The average molecular weight is 268 g/mol. The molecule has 1 aliphatic carbocycles. The number of rotatable bonds is 2. The standard InChI is InChI=1S/C14H18ClNO2/c1-9-4-2-5-10(8-9)18-14(17)11-6-3-7-12(16)13(11)15/h3,6-7,9-10H,2,4-5,8,16H2,1H3. The van der Waals surface area contributed by atoms with Gasteiger partial charge in [-0.25, -0.2) is 4.79 Å². The first kappa shape index (κ1) is 13.2. The van der Waals surface area contributed by atoms with Crippen molar-refractivity contribution in [3.63, 3.8) is 0 Å². The molecule has 0 aliphatic heterocycles. The van der Waals surface area contributed by atoms with Gasteiger partial charge in [0, 0.05) is 0 Å². The van der Waals surface area contributed by atoms with Crippen LogP contribution in [-0.2, 0) is 4.74 Å². The first-order valence-corrected chi connectivity index (χ1v) is 6.70. The molecule has 0 spiro atoms. The van der Waals surface area contributed by atoms with E-state index in [1.165, 1.54) is 6.42 Å². The molecule has 3 nitrogen and oxygen atoms in total. The van der Waals surface area contributed by atoms with Crippen LogP contribution in [0.5, 0.6) is 0 Å². The maximum atomic E-state index is 12.0. The van der Waals surface area contributed by atoms with Crippen LogP contribution in [-0.4, -0.2) is 12.1 Å². The van der Waals surface area contributed by atoms with E-state index in [1.54, 1.807) is 18.2 Å². The third-order valence-corrected chi connectivity index (χ3v) is 3.83. The van der Waals surface area contributed by atoms with Crippen LogP contribution in [0.2, 0.25) is 5.02 Å². The number of nitrogen functional groups attached to an aromatic ring is 1. The van der Waals surface area contributed by atoms with Crippen LogP contribution in [0.1, 0.15) is 43.0 Å². The third kappa shape index (κ3) is 2.96. The van der Waals surface area contributed by atoms with E-state index in [-0.39, 0.29) is 17.1 Å². The van der Waals surface area contributed by atoms with Gasteiger partial charge in [0.05, 0.1) is 16.3 Å². The summed E-state index contributed by atoms with van der Waals surface area (Å²) < 4.78 is 5.50. The van der Waals surface area contributed by atoms with Crippen LogP contribution >= 0.6 is 11.6 Å². The predicted octanol–water partition coefficient (Wildman–Crippen LogP) is 3.66. The van der Waals surface area contributed by atoms with Crippen molar-refractivity contribution in [3.8, 4) is 0 Å². The Morgan fingerprint density at radius 3 is 2.94 bits per heavy atom. The van der Waals surface area contributed by atoms with Gasteiger partial charge in [-0.15, -0.1) is 0 Å². The van der Waals surface area contributed by atoms with Gasteiger partial charge in [-0.3, -0.25) is 0 Å². The number of nitrogens with two attached hydrogens (primary N) is 1. The Bertz CT molecular complexity index is 447. The monoisotopic (exact) mass is 267 g/mol. The summed E-state index contributed by atoms with van der Waals surface area (Å²) in [6, 6.07) is 5.02. The van der Waals surface area contributed by atoms with Gasteiger partial charge < -0.3 is 10.5 Å². The molecular formula is C14H18ClNO2. The van der Waals surface area contributed by atoms with E-state index in [0.29, 0.717) is 17.2 Å². The van der Waals surface area contributed by atoms with Gasteiger partial charge in [-0.1, -0.05) is 31.0 Å². The Morgan fingerprint density at radius 1 is 1.44 bits per heavy atom. The van der Waals surface area contributed by atoms with Gasteiger partial charge in [0.1, 0.15) is 6.10 Å². The quantitative estimate of drug-likeness (QED) is 0.657. The predicted molar refractivity (Wildman–Crippen MR) is 72.7 cm³/mol. The zero-order chi connectivity index (χ0) is 13.1. The number of halogens is 1. The second-order valence-electron chi connectivity index (χ2n) is 5.01. The normalized spacial score (nSPS) is 23.7. The molecule has 98 valence electrons. The van der Waals surface area contributed by atoms with E-state index in [2.05, 4.69) is 6.92 Å². The largest absolute Gasteiger partial charge is 0.459 e. The number of hydrogen-bond donors (Lipinski definition) is 1. The van der Waals surface area contributed by atoms with Crippen molar-refractivity contribution in [1.29, 1.82) is 0 Å². The van der Waals surface area contributed by atoms with Gasteiger partial charge >= 0.3 is 5.97 Å². The van der Waals surface area contributed by atoms with Crippen molar-refractivity contribution in [2.45, 2.75) is 38.7 Å². The number of hydrogen-bond acceptors (Lipinski definition) is 3. The Balaban J connectivity index is 2.05. The number of carbonyl (C=O) groups excluding carboxylic acids is 1. The smallest absolute Gasteiger partial charge is 0.340 e. The van der Waals surface area contributed by atoms with Crippen molar-refractivity contribution in [2.75, 3.05) is 5.73 Å². The van der Waals surface area contributed by atoms with E-state index in [1.807, 2.05) is 0 Å². The first-order valence-electron chi connectivity index (χ1n) is 6.33. The minimum atomic E-state index is -0.369. The van der Waals surface area contributed by atoms with Crippen molar-refractivity contribution < 1.29 is 9.53 Å². The summed E-state index contributed by atoms with van der Waals surface area (Å²) in [5.74, 6) is 0.249. The fraction of sp³-hybridized carbons (Fsp3) is 0.500. The molecule has 2 unspecified atom stereocenters. The minimum Gasteiger partial charge on any atom is -0.459 e. The molecule has 4 heteroatoms. The fourth-order valence-corrected chi connectivity index (χ4v) is 2.61. The summed E-state index contributed by atoms with van der Waals surface area (Å²) in [6.45, 7) is 2.19. The molecule has 2 N–H and O–H groups in total. The van der Waals surface area contributed by atoms with Crippen LogP contribution in [0.15, 0.2) is 18.2 Å². The first-order chi connectivity index (χ1) is 8.58. The molecule has 1 fully saturated rings. The van der Waals surface area contributed by atoms with E-state index < -0.39 is 0 Å². The van der Waals surface area contributed by atoms with Gasteiger partial charge in [-0.2, -0.15) is 0 Å². The highest BCUT2D eigenvalue weighted by Gasteiger charge is 2.23. The topological polar surface area (TPSA) is 52.3 Å². The maximum absolute atomic E-state index is 12.0. The van der Waals surface area contributed by atoms with Crippen molar-refractivity contribution >= 4 is 23.3 Å². The summed E-state index contributed by atoms with van der Waals surface area (Å²) in [5, 5.41) is 0.284. The highest BCUT2D eigenvalue weighted by atomic mass is 35.5. The molecule has 18 heavy (non-hydrogen) atoms. The molecule has 0 saturated heterocycles. The molecule has 1 saturated carbocycles. The zero-order valence-corrected chi connectivity index (χ0v) is 11.2. The van der Waals surface area contributed by atoms with E-state index in [0.717, 1.165) is 19.3 Å². The number of benzene rings is 1. The lowest BCUT2D eigenvalue weighted by molar-refractivity contribution is 0.0155. The maximum Gasteiger partial charge on any atom is 0.340 e. The molecule has 0 aromatic heterocycles. The second-order valence-corrected chi connectivity index (χ2v) is 5.39. The van der Waals surface area contributed by atoms with Gasteiger partial charge in [0.25, 0.3) is 0 Å². The van der Waals surface area contributed by atoms with Crippen LogP contribution in [0, 0.1) is 5.92 Å². The molecule has 0 radical (unpaired) electrons. The molecular weight excluding hydrogens is 250 g/mol. The molecule has 1 aromatic carbocycles. The fourth-order valence-electron chi connectivity index (χ4n) is 2.41. The van der Waals surface area contributed by atoms with Crippen LogP contribution in [0.25, 0.3) is 0 Å². The van der Waals surface area contributed by atoms with E-state index in [4.69, 9.17) is 22.1 Å². The van der Waals surface area contributed by atoms with Gasteiger partial charge in [-0.05, 0) is 37.3 Å². The summed E-state index contributed by atoms with van der Waals surface area (Å²) in [7, 11) is 0. The van der Waals surface area contributed by atoms with Gasteiger partial charge in [0.2, 0.25) is 0 Å². The van der Waals surface area contributed by atoms with E-state index in [9.17, 15) is 4.79 Å². The zero-order valence-electron chi connectivity index (χ0n) is 10.5. The number of ether oxygens (including phenoxy) is 1. The lowest BCUT2D eigenvalue weighted by atomic mass is 9.89. The Labute approximate surface area is 112 Å². The molecule has 0 amide bonds. The van der Waals surface area contributed by atoms with Gasteiger partial charge in [0.15, 0.2) is 0 Å². The van der Waals surface area contributed by atoms with Crippen LogP contribution in [0.3, 0.4) is 0 Å². The SMILES string of the molecule is CC1CCCC(OC(=O)c2cccc(N)c2Cl)C1. The summed E-state index contributed by atoms with van der Waals surface area (Å²) >= 11 is 6.01. The Kier molecular flexibility index (Phi) is 4.12. The second kappa shape index (κ2) is 5.61. The van der Waals surface area contributed by atoms with E-state index >= 15 is 0 Å². The summed E-state index contributed by atoms with van der Waals surface area (Å²) in [4.78, 5) is 12.0.